The summed E-state index contributed by atoms with van der Waals surface area (Å²) in [5.41, 5.74) is -1.54. The van der Waals surface area contributed by atoms with Crippen LogP contribution in [-0.2, 0) is 16.1 Å². The van der Waals surface area contributed by atoms with Gasteiger partial charge in [0.05, 0.1) is 18.8 Å². The van der Waals surface area contributed by atoms with E-state index >= 15 is 0 Å². The Labute approximate surface area is 114 Å². The van der Waals surface area contributed by atoms with Gasteiger partial charge in [-0.25, -0.2) is 9.18 Å². The summed E-state index contributed by atoms with van der Waals surface area (Å²) in [6.07, 6.45) is -0.303. The monoisotopic (exact) mass is 282 g/mol. The number of aliphatic hydroxyl groups excluding tert-OH is 2. The van der Waals surface area contributed by atoms with Gasteiger partial charge in [-0.05, 0) is 12.1 Å². The van der Waals surface area contributed by atoms with E-state index in [4.69, 9.17) is 4.74 Å². The number of hydrogen-bond donors (Lipinski definition) is 3. The first kappa shape index (κ1) is 14.6. The number of hydrogen-bond acceptors (Lipinski definition) is 4. The number of carbonyl (C=O) groups is 1. The van der Waals surface area contributed by atoms with E-state index in [0.29, 0.717) is 0 Å². The van der Waals surface area contributed by atoms with Crippen LogP contribution in [0, 0.1) is 5.82 Å². The van der Waals surface area contributed by atoms with Crippen LogP contribution in [0.25, 0.3) is 0 Å². The predicted octanol–water partition coefficient (Wildman–Crippen LogP) is 0.847. The van der Waals surface area contributed by atoms with E-state index in [1.807, 2.05) is 0 Å². The number of halogens is 1. The van der Waals surface area contributed by atoms with Crippen molar-refractivity contribution >= 4 is 5.97 Å². The number of aliphatic hydroxyl groups is 2. The van der Waals surface area contributed by atoms with E-state index in [-0.39, 0.29) is 18.6 Å². The highest BCUT2D eigenvalue weighted by atomic mass is 19.1. The average molecular weight is 282 g/mol. The third kappa shape index (κ3) is 2.87. The van der Waals surface area contributed by atoms with Crippen LogP contribution in [0.1, 0.15) is 12.0 Å². The minimum atomic E-state index is -1.76. The number of benzene rings is 1. The molecule has 0 unspecified atom stereocenters. The van der Waals surface area contributed by atoms with Crippen molar-refractivity contribution in [1.29, 1.82) is 0 Å². The van der Waals surface area contributed by atoms with E-state index in [0.717, 1.165) is 0 Å². The summed E-state index contributed by atoms with van der Waals surface area (Å²) in [6.45, 7) is -0.244. The molecular weight excluding hydrogens is 267 g/mol. The van der Waals surface area contributed by atoms with E-state index in [1.165, 1.54) is 30.4 Å². The van der Waals surface area contributed by atoms with Crippen LogP contribution in [0.4, 0.5) is 4.39 Å². The summed E-state index contributed by atoms with van der Waals surface area (Å²) in [5.74, 6) is -1.79. The van der Waals surface area contributed by atoms with Crippen LogP contribution in [0.15, 0.2) is 36.4 Å². The number of carboxylic acids is 1. The molecule has 0 bridgehead atoms. The lowest BCUT2D eigenvalue weighted by Gasteiger charge is -2.33. The van der Waals surface area contributed by atoms with Crippen LogP contribution < -0.4 is 0 Å². The first-order valence-electron chi connectivity index (χ1n) is 6.11. The van der Waals surface area contributed by atoms with Crippen LogP contribution in [0.2, 0.25) is 0 Å². The zero-order valence-electron chi connectivity index (χ0n) is 10.6. The van der Waals surface area contributed by atoms with Gasteiger partial charge in [0, 0.05) is 12.0 Å². The van der Waals surface area contributed by atoms with Gasteiger partial charge in [0.2, 0.25) is 0 Å². The maximum atomic E-state index is 13.5. The van der Waals surface area contributed by atoms with Crippen LogP contribution in [-0.4, -0.2) is 39.1 Å². The highest BCUT2D eigenvalue weighted by Gasteiger charge is 2.43. The quantitative estimate of drug-likeness (QED) is 0.713. The predicted molar refractivity (Wildman–Crippen MR) is 67.3 cm³/mol. The molecule has 0 aliphatic heterocycles. The van der Waals surface area contributed by atoms with Gasteiger partial charge in [-0.3, -0.25) is 0 Å². The van der Waals surface area contributed by atoms with E-state index < -0.39 is 29.6 Å². The lowest BCUT2D eigenvalue weighted by atomic mass is 9.87. The van der Waals surface area contributed by atoms with Gasteiger partial charge in [0.1, 0.15) is 5.82 Å². The van der Waals surface area contributed by atoms with Crippen molar-refractivity contribution < 1.29 is 29.2 Å². The first-order valence-corrected chi connectivity index (χ1v) is 6.11. The Morgan fingerprint density at radius 1 is 1.40 bits per heavy atom. The Balaban J connectivity index is 2.17. The summed E-state index contributed by atoms with van der Waals surface area (Å²) in [6, 6.07) is 5.88. The molecule has 0 heterocycles. The molecule has 0 saturated heterocycles. The van der Waals surface area contributed by atoms with Crippen molar-refractivity contribution in [2.24, 2.45) is 0 Å². The van der Waals surface area contributed by atoms with Gasteiger partial charge in [0.25, 0.3) is 0 Å². The minimum absolute atomic E-state index is 0.224. The maximum absolute atomic E-state index is 13.5. The number of ether oxygens (including phenoxy) is 1. The molecule has 108 valence electrons. The molecule has 6 heteroatoms. The van der Waals surface area contributed by atoms with Gasteiger partial charge >= 0.3 is 5.97 Å². The number of rotatable bonds is 4. The average Bonchev–Trinajstić information content (AvgIpc) is 2.41. The molecule has 0 aromatic heterocycles. The molecule has 1 aromatic rings. The Kier molecular flexibility index (Phi) is 4.17. The minimum Gasteiger partial charge on any atom is -0.479 e. The van der Waals surface area contributed by atoms with Gasteiger partial charge in [0.15, 0.2) is 5.60 Å². The Hall–Kier alpha value is -1.76. The second kappa shape index (κ2) is 5.70. The van der Waals surface area contributed by atoms with Crippen molar-refractivity contribution in [1.82, 2.24) is 0 Å². The summed E-state index contributed by atoms with van der Waals surface area (Å²) >= 11 is 0. The standard InChI is InChI=1S/C14H15FO5/c15-10-4-2-1-3-9(10)8-20-14(13(18)19)6-5-11(16)12(17)7-14/h1-6,11-12,16-17H,7-8H2,(H,18,19)/t11-,12-,14+/m1/s1. The summed E-state index contributed by atoms with van der Waals surface area (Å²) in [7, 11) is 0. The fourth-order valence-corrected chi connectivity index (χ4v) is 2.03. The second-order valence-electron chi connectivity index (χ2n) is 4.70. The Morgan fingerprint density at radius 2 is 2.10 bits per heavy atom. The zero-order valence-corrected chi connectivity index (χ0v) is 10.6. The molecule has 1 aromatic carbocycles. The molecule has 0 spiro atoms. The second-order valence-corrected chi connectivity index (χ2v) is 4.70. The third-order valence-electron chi connectivity index (χ3n) is 3.27. The number of aliphatic carboxylic acids is 1. The van der Waals surface area contributed by atoms with Crippen molar-refractivity contribution in [2.45, 2.75) is 30.8 Å². The van der Waals surface area contributed by atoms with E-state index in [9.17, 15) is 24.5 Å². The van der Waals surface area contributed by atoms with Crippen molar-refractivity contribution in [3.05, 3.63) is 47.8 Å². The Morgan fingerprint density at radius 3 is 2.70 bits per heavy atom. The normalized spacial score (nSPS) is 29.4. The van der Waals surface area contributed by atoms with E-state index in [1.54, 1.807) is 6.07 Å². The van der Waals surface area contributed by atoms with Crippen molar-refractivity contribution in [2.75, 3.05) is 0 Å². The van der Waals surface area contributed by atoms with Crippen molar-refractivity contribution in [3.63, 3.8) is 0 Å². The topological polar surface area (TPSA) is 87.0 Å². The molecule has 2 rings (SSSR count). The smallest absolute Gasteiger partial charge is 0.340 e. The highest BCUT2D eigenvalue weighted by molar-refractivity contribution is 5.80. The Bertz CT molecular complexity index is 530. The lowest BCUT2D eigenvalue weighted by Crippen LogP contribution is -2.48. The van der Waals surface area contributed by atoms with E-state index in [2.05, 4.69) is 0 Å². The summed E-state index contributed by atoms with van der Waals surface area (Å²) in [4.78, 5) is 11.4. The zero-order chi connectivity index (χ0) is 14.8. The van der Waals surface area contributed by atoms with Gasteiger partial charge < -0.3 is 20.1 Å². The van der Waals surface area contributed by atoms with Crippen LogP contribution in [0.5, 0.6) is 0 Å². The molecule has 5 nitrogen and oxygen atoms in total. The molecule has 0 saturated carbocycles. The van der Waals surface area contributed by atoms with Gasteiger partial charge in [-0.2, -0.15) is 0 Å². The molecule has 1 aliphatic carbocycles. The molecule has 3 atom stereocenters. The molecule has 0 radical (unpaired) electrons. The van der Waals surface area contributed by atoms with Gasteiger partial charge in [-0.15, -0.1) is 0 Å². The molecule has 0 fully saturated rings. The van der Waals surface area contributed by atoms with Crippen molar-refractivity contribution in [3.8, 4) is 0 Å². The molecule has 3 N–H and O–H groups in total. The van der Waals surface area contributed by atoms with Gasteiger partial charge in [-0.1, -0.05) is 24.3 Å². The molecular formula is C14H15FO5. The first-order chi connectivity index (χ1) is 9.44. The summed E-state index contributed by atoms with van der Waals surface area (Å²) in [5, 5.41) is 28.2. The summed E-state index contributed by atoms with van der Waals surface area (Å²) < 4.78 is 18.8. The molecule has 1 aliphatic rings. The number of carboxylic acid groups (broad SMARTS) is 1. The lowest BCUT2D eigenvalue weighted by molar-refractivity contribution is -0.167. The largest absolute Gasteiger partial charge is 0.479 e. The third-order valence-corrected chi connectivity index (χ3v) is 3.27. The fourth-order valence-electron chi connectivity index (χ4n) is 2.03. The molecule has 0 amide bonds. The fraction of sp³-hybridized carbons (Fsp3) is 0.357. The molecule has 20 heavy (non-hydrogen) atoms. The highest BCUT2D eigenvalue weighted by Crippen LogP contribution is 2.28. The maximum Gasteiger partial charge on any atom is 0.340 e. The SMILES string of the molecule is O=C(O)[C@]1(OCc2ccccc2F)C=C[C@@H](O)[C@H](O)C1. The van der Waals surface area contributed by atoms with Crippen LogP contribution in [0.3, 0.4) is 0 Å². The van der Waals surface area contributed by atoms with Crippen LogP contribution >= 0.6 is 0 Å².